The summed E-state index contributed by atoms with van der Waals surface area (Å²) in [5, 5.41) is 0. The van der Waals surface area contributed by atoms with Crippen molar-refractivity contribution < 1.29 is 9.47 Å². The van der Waals surface area contributed by atoms with Crippen molar-refractivity contribution in [3.8, 4) is 11.5 Å². The van der Waals surface area contributed by atoms with Gasteiger partial charge in [-0.3, -0.25) is 0 Å². The van der Waals surface area contributed by atoms with E-state index in [1.807, 2.05) is 12.1 Å². The molecule has 0 atom stereocenters. The van der Waals surface area contributed by atoms with E-state index in [1.165, 1.54) is 86.5 Å². The zero-order valence-electron chi connectivity index (χ0n) is 29.4. The Morgan fingerprint density at radius 3 is 1.15 bits per heavy atom. The lowest BCUT2D eigenvalue weighted by Crippen LogP contribution is -2.28. The minimum Gasteiger partial charge on any atom is -0.489 e. The van der Waals surface area contributed by atoms with E-state index in [4.69, 9.17) is 9.47 Å². The Hall–Kier alpha value is -4.04. The largest absolute Gasteiger partial charge is 0.489 e. The van der Waals surface area contributed by atoms with Gasteiger partial charge in [0, 0.05) is 0 Å². The fourth-order valence-electron chi connectivity index (χ4n) is 7.66. The molecule has 252 valence electrons. The van der Waals surface area contributed by atoms with Gasteiger partial charge < -0.3 is 9.47 Å². The normalized spacial score (nSPS) is 17.0. The topological polar surface area (TPSA) is 18.5 Å². The molecule has 0 N–H and O–H groups in total. The van der Waals surface area contributed by atoms with Crippen LogP contribution in [0, 0.1) is 0 Å². The monoisotopic (exact) mass is 640 g/mol. The van der Waals surface area contributed by atoms with E-state index in [-0.39, 0.29) is 0 Å². The average molecular weight is 641 g/mol. The van der Waals surface area contributed by atoms with Crippen molar-refractivity contribution >= 4 is 0 Å². The molecule has 2 aliphatic rings. The molecule has 2 heteroatoms. The zero-order chi connectivity index (χ0) is 33.3. The number of benzene rings is 4. The van der Waals surface area contributed by atoms with Crippen LogP contribution in [0.5, 0.6) is 11.5 Å². The molecule has 6 rings (SSSR count). The van der Waals surface area contributed by atoms with Crippen LogP contribution in [0.2, 0.25) is 0 Å². The molecule has 0 saturated heterocycles. The van der Waals surface area contributed by atoms with E-state index in [0.717, 1.165) is 24.3 Å². The van der Waals surface area contributed by atoms with Crippen molar-refractivity contribution in [3.05, 3.63) is 156 Å². The molecule has 0 radical (unpaired) electrons. The predicted molar refractivity (Wildman–Crippen MR) is 203 cm³/mol. The number of rotatable bonds is 12. The maximum atomic E-state index is 5.93. The molecule has 0 amide bonds. The minimum absolute atomic E-state index is 0.336. The molecule has 0 spiro atoms. The molecule has 2 aliphatic carbocycles. The molecule has 0 aromatic heterocycles. The summed E-state index contributed by atoms with van der Waals surface area (Å²) < 4.78 is 11.9. The summed E-state index contributed by atoms with van der Waals surface area (Å²) in [6, 6.07) is 38.4. The van der Waals surface area contributed by atoms with Crippen LogP contribution in [0.3, 0.4) is 0 Å². The van der Waals surface area contributed by atoms with E-state index in [1.54, 1.807) is 0 Å². The van der Waals surface area contributed by atoms with Gasteiger partial charge in [0.2, 0.25) is 0 Å². The summed E-state index contributed by atoms with van der Waals surface area (Å²) in [4.78, 5) is 0. The van der Waals surface area contributed by atoms with Gasteiger partial charge in [-0.2, -0.15) is 0 Å². The zero-order valence-corrected chi connectivity index (χ0v) is 29.4. The summed E-state index contributed by atoms with van der Waals surface area (Å²) in [6.45, 7) is 5.50. The molecule has 48 heavy (non-hydrogen) atoms. The Balaban J connectivity index is 0.000000188. The lowest BCUT2D eigenvalue weighted by atomic mass is 9.67. The van der Waals surface area contributed by atoms with E-state index < -0.39 is 0 Å². The van der Waals surface area contributed by atoms with Crippen LogP contribution in [-0.2, 0) is 24.0 Å². The highest BCUT2D eigenvalue weighted by atomic mass is 16.5. The van der Waals surface area contributed by atoms with Crippen LogP contribution in [0.4, 0.5) is 0 Å². The molecule has 4 aromatic carbocycles. The standard InChI is InChI=1S/2C23H28O/c2*1-2-3-16-23(17-8-5-9-18-23)21-12-14-22(15-13-21)24-19-20-10-6-4-7-11-20/h2*2-4,6-7,10-15H,5,8-9,16-19H2,1H3. The fraction of sp³-hybridized carbons (Fsp3) is 0.391. The molecule has 0 aliphatic heterocycles. The van der Waals surface area contributed by atoms with E-state index in [0.29, 0.717) is 24.0 Å². The Kier molecular flexibility index (Phi) is 13.6. The first-order chi connectivity index (χ1) is 23.6. The Morgan fingerprint density at radius 2 is 0.812 bits per heavy atom. The highest BCUT2D eigenvalue weighted by Gasteiger charge is 2.33. The van der Waals surface area contributed by atoms with Crippen LogP contribution in [-0.4, -0.2) is 0 Å². The van der Waals surface area contributed by atoms with Crippen molar-refractivity contribution in [1.82, 2.24) is 0 Å². The van der Waals surface area contributed by atoms with Crippen LogP contribution >= 0.6 is 0 Å². The van der Waals surface area contributed by atoms with Crippen molar-refractivity contribution in [3.63, 3.8) is 0 Å². The average Bonchev–Trinajstić information content (AvgIpc) is 3.17. The minimum atomic E-state index is 0.336. The Bertz CT molecular complexity index is 1390. The molecule has 2 fully saturated rings. The van der Waals surface area contributed by atoms with E-state index in [9.17, 15) is 0 Å². The lowest BCUT2D eigenvalue weighted by molar-refractivity contribution is 0.292. The third-order valence-corrected chi connectivity index (χ3v) is 10.5. The summed E-state index contributed by atoms with van der Waals surface area (Å²) in [5.74, 6) is 1.92. The van der Waals surface area contributed by atoms with Crippen molar-refractivity contribution in [2.75, 3.05) is 0 Å². The van der Waals surface area contributed by atoms with Gasteiger partial charge in [0.1, 0.15) is 24.7 Å². The molecule has 0 bridgehead atoms. The predicted octanol–water partition coefficient (Wildman–Crippen LogP) is 12.9. The summed E-state index contributed by atoms with van der Waals surface area (Å²) in [5.41, 5.74) is 6.04. The van der Waals surface area contributed by atoms with E-state index in [2.05, 4.69) is 135 Å². The summed E-state index contributed by atoms with van der Waals surface area (Å²) >= 11 is 0. The summed E-state index contributed by atoms with van der Waals surface area (Å²) in [7, 11) is 0. The second-order valence-corrected chi connectivity index (χ2v) is 13.8. The fourth-order valence-corrected chi connectivity index (χ4v) is 7.66. The second kappa shape index (κ2) is 18.5. The quantitative estimate of drug-likeness (QED) is 0.143. The highest BCUT2D eigenvalue weighted by Crippen LogP contribution is 2.44. The number of hydrogen-bond donors (Lipinski definition) is 0. The van der Waals surface area contributed by atoms with Crippen molar-refractivity contribution in [2.24, 2.45) is 0 Å². The van der Waals surface area contributed by atoms with E-state index >= 15 is 0 Å². The molecule has 0 heterocycles. The van der Waals surface area contributed by atoms with Gasteiger partial charge in [-0.1, -0.05) is 148 Å². The van der Waals surface area contributed by atoms with Crippen molar-refractivity contribution in [1.29, 1.82) is 0 Å². The maximum absolute atomic E-state index is 5.93. The molecule has 2 saturated carbocycles. The third kappa shape index (κ3) is 9.99. The van der Waals surface area contributed by atoms with Crippen LogP contribution in [0.25, 0.3) is 0 Å². The Labute approximate surface area is 290 Å². The van der Waals surface area contributed by atoms with Gasteiger partial charge in [-0.25, -0.2) is 0 Å². The van der Waals surface area contributed by atoms with Crippen molar-refractivity contribution in [2.45, 2.75) is 115 Å². The summed E-state index contributed by atoms with van der Waals surface area (Å²) in [6.07, 6.45) is 24.8. The number of ether oxygens (including phenoxy) is 2. The first kappa shape index (κ1) is 35.3. The molecular formula is C46H56O2. The first-order valence-electron chi connectivity index (χ1n) is 18.4. The Morgan fingerprint density at radius 1 is 0.458 bits per heavy atom. The first-order valence-corrected chi connectivity index (χ1v) is 18.4. The van der Waals surface area contributed by atoms with Gasteiger partial charge >= 0.3 is 0 Å². The van der Waals surface area contributed by atoms with Gasteiger partial charge in [0.15, 0.2) is 0 Å². The SMILES string of the molecule is CC=CCC1(c2ccc(OCc3ccccc3)cc2)CCCCC1.CC=CCC1(c2ccc(OCc3ccccc3)cc2)CCCCC1. The molecule has 4 aromatic rings. The third-order valence-electron chi connectivity index (χ3n) is 10.5. The highest BCUT2D eigenvalue weighted by molar-refractivity contribution is 5.35. The van der Waals surface area contributed by atoms with Crippen LogP contribution in [0.1, 0.15) is 113 Å². The maximum Gasteiger partial charge on any atom is 0.119 e. The molecule has 2 nitrogen and oxygen atoms in total. The van der Waals surface area contributed by atoms with Crippen LogP contribution in [0.15, 0.2) is 133 Å². The van der Waals surface area contributed by atoms with Crippen LogP contribution < -0.4 is 9.47 Å². The lowest BCUT2D eigenvalue weighted by Gasteiger charge is -2.37. The van der Waals surface area contributed by atoms with Gasteiger partial charge in [-0.05, 0) is 110 Å². The second-order valence-electron chi connectivity index (χ2n) is 13.8. The number of hydrogen-bond acceptors (Lipinski definition) is 2. The van der Waals surface area contributed by atoms with Gasteiger partial charge in [0.25, 0.3) is 0 Å². The molecular weight excluding hydrogens is 585 g/mol. The van der Waals surface area contributed by atoms with Gasteiger partial charge in [0.05, 0.1) is 0 Å². The smallest absolute Gasteiger partial charge is 0.119 e. The van der Waals surface area contributed by atoms with Gasteiger partial charge in [-0.15, -0.1) is 0 Å². The number of allylic oxidation sites excluding steroid dienone is 4. The molecule has 0 unspecified atom stereocenters.